The van der Waals surface area contributed by atoms with Crippen molar-refractivity contribution < 1.29 is 27.8 Å². The van der Waals surface area contributed by atoms with Gasteiger partial charge in [0.1, 0.15) is 0 Å². The molecule has 1 aliphatic heterocycles. The number of ether oxygens (including phenoxy) is 3. The Labute approximate surface area is 114 Å². The molecule has 1 aromatic carbocycles. The molecule has 1 aromatic rings. The Hall–Kier alpha value is -2.09. The van der Waals surface area contributed by atoms with E-state index in [0.29, 0.717) is 18.8 Å². The van der Waals surface area contributed by atoms with E-state index >= 15 is 0 Å². The summed E-state index contributed by atoms with van der Waals surface area (Å²) in [6.07, 6.45) is -3.67. The number of rotatable bonds is 4. The van der Waals surface area contributed by atoms with Crippen molar-refractivity contribution in [3.05, 3.63) is 18.2 Å². The first-order valence-electron chi connectivity index (χ1n) is 5.82. The topological polar surface area (TPSA) is 60.0 Å². The molecule has 2 amide bonds. The number of anilines is 1. The maximum atomic E-state index is 12.8. The number of halogens is 2. The summed E-state index contributed by atoms with van der Waals surface area (Å²) in [6, 6.07) is 3.65. The van der Waals surface area contributed by atoms with Gasteiger partial charge in [0, 0.05) is 32.5 Å². The summed E-state index contributed by atoms with van der Waals surface area (Å²) in [4.78, 5) is 13.2. The van der Waals surface area contributed by atoms with Crippen LogP contribution in [0.1, 0.15) is 0 Å². The Kier molecular flexibility index (Phi) is 3.93. The number of nitrogens with zero attached hydrogens (tertiary/aromatic N) is 1. The van der Waals surface area contributed by atoms with Crippen molar-refractivity contribution in [2.75, 3.05) is 32.6 Å². The Balaban J connectivity index is 2.00. The molecule has 0 bridgehead atoms. The van der Waals surface area contributed by atoms with Crippen LogP contribution in [0.15, 0.2) is 18.2 Å². The van der Waals surface area contributed by atoms with E-state index in [-0.39, 0.29) is 17.5 Å². The third kappa shape index (κ3) is 3.27. The molecule has 0 saturated heterocycles. The lowest BCUT2D eigenvalue weighted by atomic mass is 10.3. The van der Waals surface area contributed by atoms with Gasteiger partial charge in [-0.15, -0.1) is 8.78 Å². The Morgan fingerprint density at radius 1 is 1.40 bits per heavy atom. The van der Waals surface area contributed by atoms with E-state index in [4.69, 9.17) is 4.74 Å². The molecule has 0 aromatic heterocycles. The first-order valence-corrected chi connectivity index (χ1v) is 5.82. The van der Waals surface area contributed by atoms with Crippen LogP contribution in [0.4, 0.5) is 19.3 Å². The van der Waals surface area contributed by atoms with Gasteiger partial charge in [-0.2, -0.15) is 0 Å². The highest BCUT2D eigenvalue weighted by Crippen LogP contribution is 2.42. The summed E-state index contributed by atoms with van der Waals surface area (Å²) in [5, 5.41) is 2.56. The van der Waals surface area contributed by atoms with Crippen LogP contribution in [-0.2, 0) is 4.74 Å². The molecule has 1 aliphatic rings. The molecular weight excluding hydrogens is 274 g/mol. The molecule has 6 nitrogen and oxygen atoms in total. The number of carbonyl (C=O) groups is 1. The molecule has 0 atom stereocenters. The fourth-order valence-electron chi connectivity index (χ4n) is 1.58. The van der Waals surface area contributed by atoms with Gasteiger partial charge < -0.3 is 24.4 Å². The van der Waals surface area contributed by atoms with Gasteiger partial charge in [-0.3, -0.25) is 0 Å². The van der Waals surface area contributed by atoms with Crippen LogP contribution >= 0.6 is 0 Å². The van der Waals surface area contributed by atoms with E-state index in [1.54, 1.807) is 7.05 Å². The Morgan fingerprint density at radius 3 is 2.80 bits per heavy atom. The molecule has 1 heterocycles. The number of alkyl halides is 2. The molecule has 8 heteroatoms. The number of likely N-dealkylation sites (N-methyl/N-ethyl adjacent to an activating group) is 1. The smallest absolute Gasteiger partial charge is 0.395 e. The van der Waals surface area contributed by atoms with Gasteiger partial charge in [0.2, 0.25) is 0 Å². The van der Waals surface area contributed by atoms with Crippen molar-refractivity contribution in [3.63, 3.8) is 0 Å². The molecule has 0 saturated carbocycles. The van der Waals surface area contributed by atoms with Crippen LogP contribution in [0.2, 0.25) is 0 Å². The van der Waals surface area contributed by atoms with Gasteiger partial charge in [0.25, 0.3) is 0 Å². The highest BCUT2D eigenvalue weighted by Gasteiger charge is 2.43. The number of hydrogen-bond acceptors (Lipinski definition) is 4. The second-order valence-electron chi connectivity index (χ2n) is 4.17. The first kappa shape index (κ1) is 14.3. The number of hydrogen-bond donors (Lipinski definition) is 1. The Morgan fingerprint density at radius 2 is 2.10 bits per heavy atom. The molecule has 1 N–H and O–H groups in total. The zero-order valence-electron chi connectivity index (χ0n) is 11.0. The SMILES string of the molecule is COCCN(C)C(=O)Nc1ccc2c(c1)OC(F)(F)O2. The van der Waals surface area contributed by atoms with Crippen LogP contribution in [0.25, 0.3) is 0 Å². The highest BCUT2D eigenvalue weighted by atomic mass is 19.3. The molecular formula is C12H14F2N2O4. The minimum Gasteiger partial charge on any atom is -0.395 e. The molecule has 0 unspecified atom stereocenters. The number of amides is 2. The summed E-state index contributed by atoms with van der Waals surface area (Å²) in [5.41, 5.74) is 0.333. The van der Waals surface area contributed by atoms with Crippen LogP contribution in [0.5, 0.6) is 11.5 Å². The molecule has 0 fully saturated rings. The van der Waals surface area contributed by atoms with Crippen LogP contribution in [-0.4, -0.2) is 44.5 Å². The normalized spacial score (nSPS) is 15.0. The largest absolute Gasteiger partial charge is 0.586 e. The summed E-state index contributed by atoms with van der Waals surface area (Å²) in [6.45, 7) is 0.808. The van der Waals surface area contributed by atoms with Gasteiger partial charge in [-0.05, 0) is 12.1 Å². The average molecular weight is 288 g/mol. The minimum absolute atomic E-state index is 0.0688. The average Bonchev–Trinajstić information content (AvgIpc) is 2.68. The summed E-state index contributed by atoms with van der Waals surface area (Å²) >= 11 is 0. The van der Waals surface area contributed by atoms with Crippen molar-refractivity contribution >= 4 is 11.7 Å². The fourth-order valence-corrected chi connectivity index (χ4v) is 1.58. The van der Waals surface area contributed by atoms with E-state index in [1.807, 2.05) is 0 Å². The maximum absolute atomic E-state index is 12.8. The lowest BCUT2D eigenvalue weighted by molar-refractivity contribution is -0.286. The second-order valence-corrected chi connectivity index (χ2v) is 4.17. The van der Waals surface area contributed by atoms with E-state index in [1.165, 1.54) is 30.2 Å². The summed E-state index contributed by atoms with van der Waals surface area (Å²) < 4.78 is 39.1. The van der Waals surface area contributed by atoms with Crippen molar-refractivity contribution in [2.24, 2.45) is 0 Å². The monoisotopic (exact) mass is 288 g/mol. The number of urea groups is 1. The van der Waals surface area contributed by atoms with Crippen molar-refractivity contribution in [1.29, 1.82) is 0 Å². The predicted octanol–water partition coefficient (Wildman–Crippen LogP) is 2.12. The fraction of sp³-hybridized carbons (Fsp3) is 0.417. The lowest BCUT2D eigenvalue weighted by Crippen LogP contribution is -2.33. The number of benzene rings is 1. The molecule has 2 rings (SSSR count). The van der Waals surface area contributed by atoms with E-state index in [9.17, 15) is 13.6 Å². The van der Waals surface area contributed by atoms with Crippen LogP contribution in [0.3, 0.4) is 0 Å². The standard InChI is InChI=1S/C12H14F2N2O4/c1-16(5-6-18-2)11(17)15-8-3-4-9-10(7-8)20-12(13,14)19-9/h3-4,7H,5-6H2,1-2H3,(H,15,17). The van der Waals surface area contributed by atoms with Crippen molar-refractivity contribution in [3.8, 4) is 11.5 Å². The first-order chi connectivity index (χ1) is 9.41. The quantitative estimate of drug-likeness (QED) is 0.922. The van der Waals surface area contributed by atoms with E-state index in [0.717, 1.165) is 0 Å². The number of carbonyl (C=O) groups excluding carboxylic acids is 1. The highest BCUT2D eigenvalue weighted by molar-refractivity contribution is 5.89. The number of methoxy groups -OCH3 is 1. The van der Waals surface area contributed by atoms with Crippen LogP contribution < -0.4 is 14.8 Å². The van der Waals surface area contributed by atoms with Crippen LogP contribution in [0, 0.1) is 0 Å². The zero-order valence-corrected chi connectivity index (χ0v) is 11.0. The number of nitrogens with one attached hydrogen (secondary N) is 1. The van der Waals surface area contributed by atoms with Crippen molar-refractivity contribution in [2.45, 2.75) is 6.29 Å². The lowest BCUT2D eigenvalue weighted by Gasteiger charge is -2.17. The molecule has 20 heavy (non-hydrogen) atoms. The third-order valence-corrected chi connectivity index (χ3v) is 2.63. The number of fused-ring (bicyclic) bond motifs is 1. The van der Waals surface area contributed by atoms with Gasteiger partial charge in [0.15, 0.2) is 11.5 Å². The van der Waals surface area contributed by atoms with Gasteiger partial charge >= 0.3 is 12.3 Å². The third-order valence-electron chi connectivity index (χ3n) is 2.63. The molecule has 0 aliphatic carbocycles. The van der Waals surface area contributed by atoms with Crippen molar-refractivity contribution in [1.82, 2.24) is 4.90 Å². The molecule has 110 valence electrons. The Bertz CT molecular complexity index is 510. The van der Waals surface area contributed by atoms with Gasteiger partial charge in [-0.25, -0.2) is 4.79 Å². The minimum atomic E-state index is -3.67. The second kappa shape index (κ2) is 5.49. The molecule has 0 spiro atoms. The maximum Gasteiger partial charge on any atom is 0.586 e. The van der Waals surface area contributed by atoms with Gasteiger partial charge in [0.05, 0.1) is 6.61 Å². The zero-order chi connectivity index (χ0) is 14.8. The molecule has 0 radical (unpaired) electrons. The summed E-state index contributed by atoms with van der Waals surface area (Å²) in [7, 11) is 3.12. The van der Waals surface area contributed by atoms with Gasteiger partial charge in [-0.1, -0.05) is 0 Å². The van der Waals surface area contributed by atoms with E-state index in [2.05, 4.69) is 14.8 Å². The van der Waals surface area contributed by atoms with E-state index < -0.39 is 6.29 Å². The predicted molar refractivity (Wildman–Crippen MR) is 66.2 cm³/mol. The summed E-state index contributed by atoms with van der Waals surface area (Å²) in [5.74, 6) is -0.187.